The fourth-order valence-corrected chi connectivity index (χ4v) is 2.74. The SMILES string of the molecule is CCc1cc(CNC)cc(N=Nc2cc(CC)cc(CNC)c2)c1. The van der Waals surface area contributed by atoms with Crippen LogP contribution in [-0.2, 0) is 25.9 Å². The van der Waals surface area contributed by atoms with E-state index >= 15 is 0 Å². The van der Waals surface area contributed by atoms with E-state index in [4.69, 9.17) is 0 Å². The minimum Gasteiger partial charge on any atom is -0.316 e. The summed E-state index contributed by atoms with van der Waals surface area (Å²) >= 11 is 0. The Bertz CT molecular complexity index is 633. The van der Waals surface area contributed by atoms with Gasteiger partial charge in [0.15, 0.2) is 0 Å². The molecule has 0 aliphatic rings. The first-order valence-corrected chi connectivity index (χ1v) is 8.65. The smallest absolute Gasteiger partial charge is 0.0863 e. The molecule has 24 heavy (non-hydrogen) atoms. The zero-order chi connectivity index (χ0) is 17.4. The molecule has 0 saturated heterocycles. The molecule has 0 saturated carbocycles. The molecule has 0 aliphatic heterocycles. The molecule has 2 rings (SSSR count). The topological polar surface area (TPSA) is 48.8 Å². The lowest BCUT2D eigenvalue weighted by atomic mass is 10.1. The van der Waals surface area contributed by atoms with Gasteiger partial charge in [-0.15, -0.1) is 0 Å². The van der Waals surface area contributed by atoms with Crippen LogP contribution in [0.5, 0.6) is 0 Å². The second kappa shape index (κ2) is 9.30. The van der Waals surface area contributed by atoms with Crippen molar-refractivity contribution in [1.82, 2.24) is 10.6 Å². The Balaban J connectivity index is 2.29. The Morgan fingerprint density at radius 3 is 1.33 bits per heavy atom. The Kier molecular flexibility index (Phi) is 7.09. The lowest BCUT2D eigenvalue weighted by molar-refractivity contribution is 0.815. The largest absolute Gasteiger partial charge is 0.316 e. The fraction of sp³-hybridized carbons (Fsp3) is 0.400. The van der Waals surface area contributed by atoms with Crippen LogP contribution in [-0.4, -0.2) is 14.1 Å². The third kappa shape index (κ3) is 5.25. The van der Waals surface area contributed by atoms with Crippen LogP contribution in [0.1, 0.15) is 36.1 Å². The van der Waals surface area contributed by atoms with Crippen molar-refractivity contribution in [3.63, 3.8) is 0 Å². The molecule has 0 aliphatic carbocycles. The number of nitrogens with zero attached hydrogens (tertiary/aromatic N) is 2. The number of hydrogen-bond acceptors (Lipinski definition) is 4. The number of aryl methyl sites for hydroxylation is 2. The molecular formula is C20H28N4. The van der Waals surface area contributed by atoms with Gasteiger partial charge in [0, 0.05) is 13.1 Å². The van der Waals surface area contributed by atoms with E-state index in [1.165, 1.54) is 22.3 Å². The van der Waals surface area contributed by atoms with Gasteiger partial charge in [0.1, 0.15) is 0 Å². The van der Waals surface area contributed by atoms with Crippen molar-refractivity contribution in [2.75, 3.05) is 14.1 Å². The van der Waals surface area contributed by atoms with Crippen molar-refractivity contribution in [2.45, 2.75) is 39.8 Å². The summed E-state index contributed by atoms with van der Waals surface area (Å²) in [7, 11) is 3.92. The Labute approximate surface area is 145 Å². The highest BCUT2D eigenvalue weighted by atomic mass is 15.1. The van der Waals surface area contributed by atoms with E-state index in [0.717, 1.165) is 37.3 Å². The molecule has 2 N–H and O–H groups in total. The predicted octanol–water partition coefficient (Wildman–Crippen LogP) is 4.67. The Morgan fingerprint density at radius 2 is 1.00 bits per heavy atom. The summed E-state index contributed by atoms with van der Waals surface area (Å²) in [5.41, 5.74) is 6.88. The number of rotatable bonds is 8. The normalized spacial score (nSPS) is 11.3. The van der Waals surface area contributed by atoms with Gasteiger partial charge < -0.3 is 10.6 Å². The van der Waals surface area contributed by atoms with Gasteiger partial charge in [0.2, 0.25) is 0 Å². The summed E-state index contributed by atoms with van der Waals surface area (Å²) in [6, 6.07) is 12.9. The molecule has 0 spiro atoms. The van der Waals surface area contributed by atoms with E-state index in [9.17, 15) is 0 Å². The lowest BCUT2D eigenvalue weighted by Gasteiger charge is -2.06. The summed E-state index contributed by atoms with van der Waals surface area (Å²) in [5, 5.41) is 15.4. The highest BCUT2D eigenvalue weighted by molar-refractivity contribution is 5.47. The van der Waals surface area contributed by atoms with Crippen molar-refractivity contribution in [3.05, 3.63) is 58.7 Å². The average molecular weight is 324 g/mol. The molecule has 2 aromatic carbocycles. The van der Waals surface area contributed by atoms with E-state index < -0.39 is 0 Å². The summed E-state index contributed by atoms with van der Waals surface area (Å²) in [6.07, 6.45) is 2.00. The predicted molar refractivity (Wildman–Crippen MR) is 101 cm³/mol. The third-order valence-corrected chi connectivity index (χ3v) is 3.93. The maximum Gasteiger partial charge on any atom is 0.0863 e. The van der Waals surface area contributed by atoms with Crippen LogP contribution >= 0.6 is 0 Å². The van der Waals surface area contributed by atoms with E-state index in [-0.39, 0.29) is 0 Å². The minimum absolute atomic E-state index is 0.841. The lowest BCUT2D eigenvalue weighted by Crippen LogP contribution is -2.05. The fourth-order valence-electron chi connectivity index (χ4n) is 2.74. The summed E-state index contributed by atoms with van der Waals surface area (Å²) in [6.45, 7) is 6.00. The van der Waals surface area contributed by atoms with Crippen molar-refractivity contribution in [3.8, 4) is 0 Å². The third-order valence-electron chi connectivity index (χ3n) is 3.93. The van der Waals surface area contributed by atoms with E-state index in [0.29, 0.717) is 0 Å². The maximum absolute atomic E-state index is 4.48. The van der Waals surface area contributed by atoms with E-state index in [1.54, 1.807) is 0 Å². The summed E-state index contributed by atoms with van der Waals surface area (Å²) < 4.78 is 0. The first-order valence-electron chi connectivity index (χ1n) is 8.65. The van der Waals surface area contributed by atoms with E-state index in [2.05, 4.69) is 71.1 Å². The number of hydrogen-bond donors (Lipinski definition) is 2. The highest BCUT2D eigenvalue weighted by Crippen LogP contribution is 2.24. The maximum atomic E-state index is 4.48. The molecule has 0 atom stereocenters. The van der Waals surface area contributed by atoms with Gasteiger partial charge in [0.05, 0.1) is 11.4 Å². The first-order chi connectivity index (χ1) is 11.7. The van der Waals surface area contributed by atoms with Crippen molar-refractivity contribution in [1.29, 1.82) is 0 Å². The minimum atomic E-state index is 0.841. The van der Waals surface area contributed by atoms with Crippen LogP contribution in [0.25, 0.3) is 0 Å². The molecule has 0 amide bonds. The molecule has 0 heterocycles. The molecule has 0 radical (unpaired) electrons. The van der Waals surface area contributed by atoms with Crippen LogP contribution in [0.15, 0.2) is 46.6 Å². The van der Waals surface area contributed by atoms with Crippen LogP contribution in [0, 0.1) is 0 Å². The van der Waals surface area contributed by atoms with Gasteiger partial charge in [-0.2, -0.15) is 10.2 Å². The number of benzene rings is 2. The molecule has 128 valence electrons. The van der Waals surface area contributed by atoms with Crippen LogP contribution < -0.4 is 10.6 Å². The zero-order valence-corrected chi connectivity index (χ0v) is 15.2. The quantitative estimate of drug-likeness (QED) is 0.693. The number of nitrogens with one attached hydrogen (secondary N) is 2. The summed E-state index contributed by atoms with van der Waals surface area (Å²) in [4.78, 5) is 0. The van der Waals surface area contributed by atoms with Crippen molar-refractivity contribution >= 4 is 11.4 Å². The molecule has 0 unspecified atom stereocenters. The molecular weight excluding hydrogens is 296 g/mol. The standard InChI is InChI=1S/C20H28N4/c1-5-15-7-17(13-21-3)11-19(9-15)23-24-20-10-16(6-2)8-18(12-20)14-22-4/h7-12,21-22H,5-6,13-14H2,1-4H3. The second-order valence-electron chi connectivity index (χ2n) is 5.98. The van der Waals surface area contributed by atoms with Crippen molar-refractivity contribution < 1.29 is 0 Å². The Hall–Kier alpha value is -2.04. The van der Waals surface area contributed by atoms with Gasteiger partial charge in [-0.3, -0.25) is 0 Å². The van der Waals surface area contributed by atoms with Gasteiger partial charge in [-0.1, -0.05) is 26.0 Å². The highest BCUT2D eigenvalue weighted by Gasteiger charge is 2.02. The molecule has 4 nitrogen and oxygen atoms in total. The summed E-state index contributed by atoms with van der Waals surface area (Å²) in [5.74, 6) is 0. The van der Waals surface area contributed by atoms with Crippen molar-refractivity contribution in [2.24, 2.45) is 10.2 Å². The van der Waals surface area contributed by atoms with Crippen LogP contribution in [0.4, 0.5) is 11.4 Å². The van der Waals surface area contributed by atoms with Gasteiger partial charge >= 0.3 is 0 Å². The molecule has 0 fully saturated rings. The second-order valence-corrected chi connectivity index (χ2v) is 5.98. The average Bonchev–Trinajstić information content (AvgIpc) is 2.60. The van der Waals surface area contributed by atoms with Crippen LogP contribution in [0.3, 0.4) is 0 Å². The van der Waals surface area contributed by atoms with Gasteiger partial charge in [-0.25, -0.2) is 0 Å². The molecule has 4 heteroatoms. The Morgan fingerprint density at radius 1 is 0.625 bits per heavy atom. The monoisotopic (exact) mass is 324 g/mol. The molecule has 2 aromatic rings. The first kappa shape index (κ1) is 18.3. The zero-order valence-electron chi connectivity index (χ0n) is 15.2. The van der Waals surface area contributed by atoms with Gasteiger partial charge in [0.25, 0.3) is 0 Å². The van der Waals surface area contributed by atoms with E-state index in [1.807, 2.05) is 14.1 Å². The molecule has 0 aromatic heterocycles. The number of azo groups is 1. The van der Waals surface area contributed by atoms with Crippen LogP contribution in [0.2, 0.25) is 0 Å². The van der Waals surface area contributed by atoms with Gasteiger partial charge in [-0.05, 0) is 73.5 Å². The molecule has 0 bridgehead atoms.